The van der Waals surface area contributed by atoms with Crippen molar-refractivity contribution in [3.63, 3.8) is 0 Å². The molecule has 1 aromatic heterocycles. The summed E-state index contributed by atoms with van der Waals surface area (Å²) in [6, 6.07) is 8.92. The number of benzene rings is 1. The predicted octanol–water partition coefficient (Wildman–Crippen LogP) is 2.25. The third kappa shape index (κ3) is 4.17. The van der Waals surface area contributed by atoms with Gasteiger partial charge in [-0.05, 0) is 58.1 Å². The fraction of sp³-hybridized carbons (Fsp3) is 0.500. The number of carbonyl (C=O) groups is 1. The van der Waals surface area contributed by atoms with Crippen molar-refractivity contribution in [1.82, 2.24) is 24.6 Å². The van der Waals surface area contributed by atoms with E-state index in [9.17, 15) is 4.79 Å². The number of amides is 1. The molecule has 2 aromatic rings. The summed E-state index contributed by atoms with van der Waals surface area (Å²) in [5, 5.41) is 17.7. The molecule has 1 aliphatic heterocycles. The molecule has 2 heterocycles. The molecule has 0 atom stereocenters. The zero-order chi connectivity index (χ0) is 19.4. The van der Waals surface area contributed by atoms with Gasteiger partial charge in [0, 0.05) is 31.1 Å². The first kappa shape index (κ1) is 19.1. The third-order valence-electron chi connectivity index (χ3n) is 5.04. The maximum Gasteiger partial charge on any atom is 0.253 e. The van der Waals surface area contributed by atoms with Crippen LogP contribution in [0.4, 0.5) is 0 Å². The van der Waals surface area contributed by atoms with E-state index < -0.39 is 0 Å². The summed E-state index contributed by atoms with van der Waals surface area (Å²) in [7, 11) is 4.06. The number of rotatable bonds is 5. The van der Waals surface area contributed by atoms with Gasteiger partial charge in [-0.15, -0.1) is 10.2 Å². The lowest BCUT2D eigenvalue weighted by Gasteiger charge is -2.31. The lowest BCUT2D eigenvalue weighted by Crippen LogP contribution is -2.38. The van der Waals surface area contributed by atoms with Gasteiger partial charge < -0.3 is 14.4 Å². The standard InChI is InChI=1S/C20H26N6O/c1-4-26-18(14-24(2)3)22-23-19(26)16-9-11-25(12-10-16)20(27)17-7-5-15(13-21)6-8-17/h5-8,16H,4,9-12,14H2,1-3H3. The highest BCUT2D eigenvalue weighted by Gasteiger charge is 2.28. The van der Waals surface area contributed by atoms with Crippen LogP contribution in [0.5, 0.6) is 0 Å². The predicted molar refractivity (Wildman–Crippen MR) is 102 cm³/mol. The molecule has 27 heavy (non-hydrogen) atoms. The van der Waals surface area contributed by atoms with Gasteiger partial charge in [0.1, 0.15) is 11.6 Å². The Morgan fingerprint density at radius 2 is 1.89 bits per heavy atom. The van der Waals surface area contributed by atoms with Crippen LogP contribution in [-0.2, 0) is 13.1 Å². The number of nitrogens with zero attached hydrogens (tertiary/aromatic N) is 6. The molecule has 0 spiro atoms. The zero-order valence-corrected chi connectivity index (χ0v) is 16.2. The highest BCUT2D eigenvalue weighted by Crippen LogP contribution is 2.28. The lowest BCUT2D eigenvalue weighted by atomic mass is 9.95. The van der Waals surface area contributed by atoms with Crippen LogP contribution in [0, 0.1) is 11.3 Å². The van der Waals surface area contributed by atoms with Crippen molar-refractivity contribution in [2.75, 3.05) is 27.2 Å². The topological polar surface area (TPSA) is 78.1 Å². The molecule has 0 radical (unpaired) electrons. The number of carbonyl (C=O) groups excluding carboxylic acids is 1. The van der Waals surface area contributed by atoms with Gasteiger partial charge in [0.15, 0.2) is 0 Å². The maximum absolute atomic E-state index is 12.7. The molecule has 0 unspecified atom stereocenters. The van der Waals surface area contributed by atoms with Crippen molar-refractivity contribution in [2.45, 2.75) is 38.8 Å². The van der Waals surface area contributed by atoms with Gasteiger partial charge in [0.05, 0.1) is 18.2 Å². The van der Waals surface area contributed by atoms with Crippen LogP contribution in [0.2, 0.25) is 0 Å². The maximum atomic E-state index is 12.7. The van der Waals surface area contributed by atoms with E-state index in [2.05, 4.69) is 32.7 Å². The van der Waals surface area contributed by atoms with Crippen LogP contribution in [0.3, 0.4) is 0 Å². The van der Waals surface area contributed by atoms with Gasteiger partial charge >= 0.3 is 0 Å². The molecule has 7 nitrogen and oxygen atoms in total. The summed E-state index contributed by atoms with van der Waals surface area (Å²) in [6.45, 7) is 5.18. The van der Waals surface area contributed by atoms with Crippen molar-refractivity contribution >= 4 is 5.91 Å². The minimum atomic E-state index is 0.0307. The van der Waals surface area contributed by atoms with E-state index in [1.54, 1.807) is 24.3 Å². The van der Waals surface area contributed by atoms with Crippen LogP contribution in [0.15, 0.2) is 24.3 Å². The molecule has 1 saturated heterocycles. The number of hydrogen-bond acceptors (Lipinski definition) is 5. The van der Waals surface area contributed by atoms with E-state index in [4.69, 9.17) is 5.26 Å². The van der Waals surface area contributed by atoms with E-state index in [-0.39, 0.29) is 5.91 Å². The first-order valence-electron chi connectivity index (χ1n) is 9.39. The molecule has 0 aliphatic carbocycles. The number of likely N-dealkylation sites (tertiary alicyclic amines) is 1. The molecule has 0 bridgehead atoms. The monoisotopic (exact) mass is 366 g/mol. The smallest absolute Gasteiger partial charge is 0.253 e. The minimum absolute atomic E-state index is 0.0307. The van der Waals surface area contributed by atoms with Gasteiger partial charge in [-0.3, -0.25) is 4.79 Å². The summed E-state index contributed by atoms with van der Waals surface area (Å²) in [4.78, 5) is 16.7. The van der Waals surface area contributed by atoms with E-state index in [1.165, 1.54) is 0 Å². The Hall–Kier alpha value is -2.72. The van der Waals surface area contributed by atoms with Crippen molar-refractivity contribution in [1.29, 1.82) is 5.26 Å². The Kier molecular flexibility index (Phi) is 5.87. The Labute approximate surface area is 160 Å². The molecule has 0 N–H and O–H groups in total. The number of piperidine rings is 1. The summed E-state index contributed by atoms with van der Waals surface area (Å²) < 4.78 is 2.21. The van der Waals surface area contributed by atoms with Crippen LogP contribution >= 0.6 is 0 Å². The first-order valence-corrected chi connectivity index (χ1v) is 9.39. The van der Waals surface area contributed by atoms with Gasteiger partial charge in [-0.25, -0.2) is 0 Å². The third-order valence-corrected chi connectivity index (χ3v) is 5.04. The molecule has 1 aliphatic rings. The largest absolute Gasteiger partial charge is 0.339 e. The van der Waals surface area contributed by atoms with Gasteiger partial charge in [0.2, 0.25) is 0 Å². The second-order valence-electron chi connectivity index (χ2n) is 7.21. The average molecular weight is 366 g/mol. The van der Waals surface area contributed by atoms with E-state index in [0.29, 0.717) is 30.1 Å². The van der Waals surface area contributed by atoms with Crippen LogP contribution in [0.1, 0.15) is 53.3 Å². The summed E-state index contributed by atoms with van der Waals surface area (Å²) in [6.07, 6.45) is 1.78. The van der Waals surface area contributed by atoms with Crippen molar-refractivity contribution in [3.05, 3.63) is 47.0 Å². The molecular formula is C20H26N6O. The van der Waals surface area contributed by atoms with E-state index in [1.807, 2.05) is 19.0 Å². The molecule has 1 fully saturated rings. The van der Waals surface area contributed by atoms with Crippen molar-refractivity contribution in [3.8, 4) is 6.07 Å². The fourth-order valence-electron chi connectivity index (χ4n) is 3.61. The zero-order valence-electron chi connectivity index (χ0n) is 16.2. The molecule has 3 rings (SSSR count). The summed E-state index contributed by atoms with van der Waals surface area (Å²) >= 11 is 0. The molecule has 7 heteroatoms. The minimum Gasteiger partial charge on any atom is -0.339 e. The molecule has 1 aromatic carbocycles. The van der Waals surface area contributed by atoms with Crippen molar-refractivity contribution < 1.29 is 4.79 Å². The molecule has 0 saturated carbocycles. The number of nitriles is 1. The van der Waals surface area contributed by atoms with Crippen LogP contribution in [0.25, 0.3) is 0 Å². The van der Waals surface area contributed by atoms with Gasteiger partial charge in [-0.1, -0.05) is 0 Å². The Morgan fingerprint density at radius 3 is 2.44 bits per heavy atom. The average Bonchev–Trinajstić information content (AvgIpc) is 3.09. The first-order chi connectivity index (χ1) is 13.0. The Balaban J connectivity index is 1.65. The lowest BCUT2D eigenvalue weighted by molar-refractivity contribution is 0.0710. The van der Waals surface area contributed by atoms with Crippen LogP contribution < -0.4 is 0 Å². The summed E-state index contributed by atoms with van der Waals surface area (Å²) in [5.41, 5.74) is 1.20. The molecular weight excluding hydrogens is 340 g/mol. The Bertz CT molecular complexity index is 825. The van der Waals surface area contributed by atoms with E-state index >= 15 is 0 Å². The molecule has 1 amide bonds. The highest BCUT2D eigenvalue weighted by molar-refractivity contribution is 5.94. The quantitative estimate of drug-likeness (QED) is 0.811. The summed E-state index contributed by atoms with van der Waals surface area (Å²) in [5.74, 6) is 2.40. The number of aromatic nitrogens is 3. The van der Waals surface area contributed by atoms with Crippen molar-refractivity contribution in [2.24, 2.45) is 0 Å². The van der Waals surface area contributed by atoms with Crippen LogP contribution in [-0.4, -0.2) is 57.7 Å². The number of hydrogen-bond donors (Lipinski definition) is 0. The normalized spacial score (nSPS) is 15.1. The van der Waals surface area contributed by atoms with Gasteiger partial charge in [-0.2, -0.15) is 5.26 Å². The second kappa shape index (κ2) is 8.31. The van der Waals surface area contributed by atoms with Gasteiger partial charge in [0.25, 0.3) is 5.91 Å². The molecule has 142 valence electrons. The fourth-order valence-corrected chi connectivity index (χ4v) is 3.61. The van der Waals surface area contributed by atoms with E-state index in [0.717, 1.165) is 37.6 Å². The SMILES string of the molecule is CCn1c(CN(C)C)nnc1C1CCN(C(=O)c2ccc(C#N)cc2)CC1. The second-order valence-corrected chi connectivity index (χ2v) is 7.21. The Morgan fingerprint density at radius 1 is 1.22 bits per heavy atom. The highest BCUT2D eigenvalue weighted by atomic mass is 16.2.